The summed E-state index contributed by atoms with van der Waals surface area (Å²) in [6, 6.07) is 13.5. The molecular formula is C18H24FIN4O2S. The number of halogens is 2. The van der Waals surface area contributed by atoms with Crippen LogP contribution in [0.5, 0.6) is 0 Å². The first-order valence-corrected chi connectivity index (χ1v) is 9.89. The minimum absolute atomic E-state index is 0. The Morgan fingerprint density at radius 2 is 1.81 bits per heavy atom. The first-order chi connectivity index (χ1) is 12.3. The predicted octanol–water partition coefficient (Wildman–Crippen LogP) is 3.02. The normalized spacial score (nSPS) is 11.5. The molecule has 0 atom stereocenters. The molecule has 0 saturated carbocycles. The molecule has 0 aliphatic carbocycles. The fourth-order valence-corrected chi connectivity index (χ4v) is 3.06. The van der Waals surface area contributed by atoms with Crippen molar-refractivity contribution in [2.75, 3.05) is 25.1 Å². The zero-order valence-corrected chi connectivity index (χ0v) is 18.6. The average molecular weight is 506 g/mol. The average Bonchev–Trinajstić information content (AvgIpc) is 2.54. The molecule has 2 rings (SSSR count). The summed E-state index contributed by atoms with van der Waals surface area (Å²) in [5.41, 5.74) is 2.25. The molecule has 27 heavy (non-hydrogen) atoms. The molecule has 2 N–H and O–H groups in total. The molecule has 0 bridgehead atoms. The van der Waals surface area contributed by atoms with E-state index in [2.05, 4.69) is 15.0 Å². The van der Waals surface area contributed by atoms with Crippen molar-refractivity contribution in [3.63, 3.8) is 0 Å². The van der Waals surface area contributed by atoms with E-state index >= 15 is 0 Å². The first-order valence-electron chi connectivity index (χ1n) is 8.00. The molecule has 2 aromatic carbocycles. The van der Waals surface area contributed by atoms with E-state index in [9.17, 15) is 12.8 Å². The molecule has 6 nitrogen and oxygen atoms in total. The van der Waals surface area contributed by atoms with Crippen LogP contribution >= 0.6 is 24.0 Å². The smallest absolute Gasteiger partial charge is 0.229 e. The van der Waals surface area contributed by atoms with Gasteiger partial charge in [-0.2, -0.15) is 0 Å². The van der Waals surface area contributed by atoms with Crippen molar-refractivity contribution < 1.29 is 12.8 Å². The zero-order chi connectivity index (χ0) is 19.2. The van der Waals surface area contributed by atoms with E-state index in [1.54, 1.807) is 31.3 Å². The van der Waals surface area contributed by atoms with Gasteiger partial charge in [0, 0.05) is 32.9 Å². The Morgan fingerprint density at radius 3 is 2.44 bits per heavy atom. The quantitative estimate of drug-likeness (QED) is 0.359. The van der Waals surface area contributed by atoms with E-state index in [-0.39, 0.29) is 29.8 Å². The summed E-state index contributed by atoms with van der Waals surface area (Å²) in [6.07, 6.45) is 1.11. The molecule has 0 spiro atoms. The molecule has 0 aliphatic heterocycles. The summed E-state index contributed by atoms with van der Waals surface area (Å²) in [5.74, 6) is 0.379. The van der Waals surface area contributed by atoms with Crippen molar-refractivity contribution in [1.82, 2.24) is 10.2 Å². The van der Waals surface area contributed by atoms with Crippen molar-refractivity contribution in [2.45, 2.75) is 13.1 Å². The van der Waals surface area contributed by atoms with Gasteiger partial charge in [-0.05, 0) is 35.4 Å². The van der Waals surface area contributed by atoms with E-state index in [1.165, 1.54) is 12.1 Å². The lowest BCUT2D eigenvalue weighted by molar-refractivity contribution is 0.474. The Balaban J connectivity index is 0.00000364. The maximum Gasteiger partial charge on any atom is 0.229 e. The molecule has 0 aliphatic rings. The number of nitrogens with zero attached hydrogens (tertiary/aromatic N) is 2. The molecular weight excluding hydrogens is 482 g/mol. The van der Waals surface area contributed by atoms with Crippen molar-refractivity contribution >= 4 is 45.6 Å². The third-order valence-corrected chi connectivity index (χ3v) is 4.17. The van der Waals surface area contributed by atoms with Crippen LogP contribution in [0.3, 0.4) is 0 Å². The molecule has 9 heteroatoms. The number of benzene rings is 2. The molecule has 0 aromatic heterocycles. The van der Waals surface area contributed by atoms with Crippen LogP contribution in [0.4, 0.5) is 10.1 Å². The summed E-state index contributed by atoms with van der Waals surface area (Å²) < 4.78 is 38.4. The van der Waals surface area contributed by atoms with E-state index < -0.39 is 10.0 Å². The van der Waals surface area contributed by atoms with Crippen LogP contribution in [0.25, 0.3) is 0 Å². The molecule has 0 radical (unpaired) electrons. The fourth-order valence-electron chi connectivity index (χ4n) is 2.51. The number of hydrogen-bond acceptors (Lipinski definition) is 3. The Hall–Kier alpha value is -1.88. The minimum Gasteiger partial charge on any atom is -0.352 e. The second kappa shape index (κ2) is 10.5. The highest BCUT2D eigenvalue weighted by atomic mass is 127. The van der Waals surface area contributed by atoms with Crippen LogP contribution in [-0.2, 0) is 23.1 Å². The van der Waals surface area contributed by atoms with Gasteiger partial charge in [0.05, 0.1) is 6.26 Å². The lowest BCUT2D eigenvalue weighted by Crippen LogP contribution is -2.38. The molecule has 0 fully saturated rings. The first kappa shape index (κ1) is 23.2. The number of rotatable bonds is 6. The van der Waals surface area contributed by atoms with Gasteiger partial charge in [0.2, 0.25) is 10.0 Å². The van der Waals surface area contributed by atoms with Gasteiger partial charge in [-0.3, -0.25) is 9.71 Å². The molecule has 148 valence electrons. The maximum absolute atomic E-state index is 13.3. The van der Waals surface area contributed by atoms with Crippen LogP contribution in [0.15, 0.2) is 53.5 Å². The van der Waals surface area contributed by atoms with Gasteiger partial charge in [-0.15, -0.1) is 24.0 Å². The van der Waals surface area contributed by atoms with Crippen LogP contribution in [0, 0.1) is 5.82 Å². The zero-order valence-electron chi connectivity index (χ0n) is 15.4. The number of nitrogens with one attached hydrogen (secondary N) is 2. The van der Waals surface area contributed by atoms with E-state index in [0.29, 0.717) is 24.7 Å². The molecule has 2 aromatic rings. The van der Waals surface area contributed by atoms with E-state index in [1.807, 2.05) is 24.1 Å². The highest BCUT2D eigenvalue weighted by molar-refractivity contribution is 14.0. The van der Waals surface area contributed by atoms with Crippen molar-refractivity contribution in [2.24, 2.45) is 4.99 Å². The number of guanidine groups is 1. The third kappa shape index (κ3) is 8.12. The maximum atomic E-state index is 13.3. The predicted molar refractivity (Wildman–Crippen MR) is 118 cm³/mol. The summed E-state index contributed by atoms with van der Waals surface area (Å²) in [6.45, 7) is 0.979. The molecule has 0 unspecified atom stereocenters. The van der Waals surface area contributed by atoms with Gasteiger partial charge >= 0.3 is 0 Å². The molecule has 0 heterocycles. The van der Waals surface area contributed by atoms with Gasteiger partial charge in [0.15, 0.2) is 5.96 Å². The highest BCUT2D eigenvalue weighted by Gasteiger charge is 2.08. The Labute approximate surface area is 177 Å². The Bertz CT molecular complexity index is 890. The monoisotopic (exact) mass is 506 g/mol. The minimum atomic E-state index is -3.31. The fraction of sp³-hybridized carbons (Fsp3) is 0.278. The summed E-state index contributed by atoms with van der Waals surface area (Å²) in [7, 11) is 0.221. The van der Waals surface area contributed by atoms with Gasteiger partial charge in [-0.25, -0.2) is 12.8 Å². The van der Waals surface area contributed by atoms with Gasteiger partial charge in [-0.1, -0.05) is 24.3 Å². The lowest BCUT2D eigenvalue weighted by Gasteiger charge is -2.22. The number of aliphatic imine (C=N–C) groups is 1. The van der Waals surface area contributed by atoms with Gasteiger partial charge in [0.1, 0.15) is 5.82 Å². The second-order valence-electron chi connectivity index (χ2n) is 5.96. The standard InChI is InChI=1S/C18H23FN4O2S.HI/c1-20-18(23(2)13-15-7-4-8-16(19)10-15)21-12-14-6-5-9-17(11-14)22-26(3,24)25;/h4-11,22H,12-13H2,1-3H3,(H,20,21);1H. The molecule has 0 amide bonds. The second-order valence-corrected chi connectivity index (χ2v) is 7.71. The van der Waals surface area contributed by atoms with Crippen LogP contribution < -0.4 is 10.0 Å². The Morgan fingerprint density at radius 1 is 1.15 bits per heavy atom. The van der Waals surface area contributed by atoms with Crippen molar-refractivity contribution in [3.8, 4) is 0 Å². The lowest BCUT2D eigenvalue weighted by atomic mass is 10.2. The Kier molecular flexibility index (Phi) is 8.97. The van der Waals surface area contributed by atoms with E-state index in [0.717, 1.165) is 17.4 Å². The number of anilines is 1. The van der Waals surface area contributed by atoms with Crippen LogP contribution in [0.2, 0.25) is 0 Å². The summed E-state index contributed by atoms with van der Waals surface area (Å²) >= 11 is 0. The molecule has 0 saturated heterocycles. The van der Waals surface area contributed by atoms with Crippen LogP contribution in [0.1, 0.15) is 11.1 Å². The topological polar surface area (TPSA) is 73.8 Å². The summed E-state index contributed by atoms with van der Waals surface area (Å²) in [5, 5.41) is 3.22. The summed E-state index contributed by atoms with van der Waals surface area (Å²) in [4.78, 5) is 6.11. The highest BCUT2D eigenvalue weighted by Crippen LogP contribution is 2.12. The van der Waals surface area contributed by atoms with Crippen LogP contribution in [-0.4, -0.2) is 39.6 Å². The van der Waals surface area contributed by atoms with Crippen molar-refractivity contribution in [3.05, 3.63) is 65.5 Å². The SMILES string of the molecule is CN=C(NCc1cccc(NS(C)(=O)=O)c1)N(C)Cc1cccc(F)c1.I. The number of sulfonamides is 1. The van der Waals surface area contributed by atoms with Gasteiger partial charge < -0.3 is 10.2 Å². The largest absolute Gasteiger partial charge is 0.352 e. The van der Waals surface area contributed by atoms with Crippen molar-refractivity contribution in [1.29, 1.82) is 0 Å². The third-order valence-electron chi connectivity index (χ3n) is 3.56. The number of hydrogen-bond donors (Lipinski definition) is 2. The van der Waals surface area contributed by atoms with E-state index in [4.69, 9.17) is 0 Å². The van der Waals surface area contributed by atoms with Gasteiger partial charge in [0.25, 0.3) is 0 Å².